The molecule has 0 radical (unpaired) electrons. The highest BCUT2D eigenvalue weighted by atomic mass is 16.2. The van der Waals surface area contributed by atoms with Crippen LogP contribution in [0.4, 0.5) is 0 Å². The molecule has 2 rings (SSSR count). The quantitative estimate of drug-likeness (QED) is 0.577. The van der Waals surface area contributed by atoms with Crippen LogP contribution < -0.4 is 10.6 Å². The third-order valence-electron chi connectivity index (χ3n) is 3.34. The molecule has 5 heteroatoms. The minimum Gasteiger partial charge on any atom is -0.356 e. The van der Waals surface area contributed by atoms with Gasteiger partial charge in [0.05, 0.1) is 0 Å². The lowest BCUT2D eigenvalue weighted by atomic mass is 10.1. The number of nitrogens with one attached hydrogen (secondary N) is 2. The number of nitrogens with zero attached hydrogens (tertiary/aromatic N) is 1. The predicted octanol–water partition coefficient (Wildman–Crippen LogP) is 1.84. The Labute approximate surface area is 136 Å². The van der Waals surface area contributed by atoms with E-state index in [1.54, 1.807) is 18.5 Å². The molecule has 0 aliphatic carbocycles. The van der Waals surface area contributed by atoms with Gasteiger partial charge < -0.3 is 10.6 Å². The van der Waals surface area contributed by atoms with Gasteiger partial charge in [-0.05, 0) is 30.0 Å². The number of hydrogen-bond acceptors (Lipinski definition) is 3. The van der Waals surface area contributed by atoms with Crippen molar-refractivity contribution >= 4 is 11.8 Å². The fraction of sp³-hybridized carbons (Fsp3) is 0.278. The maximum atomic E-state index is 11.7. The van der Waals surface area contributed by atoms with Crippen molar-refractivity contribution in [1.29, 1.82) is 0 Å². The monoisotopic (exact) mass is 311 g/mol. The third-order valence-corrected chi connectivity index (χ3v) is 3.34. The Kier molecular flexibility index (Phi) is 6.78. The van der Waals surface area contributed by atoms with Gasteiger partial charge in [0.15, 0.2) is 0 Å². The molecule has 1 aromatic heterocycles. The van der Waals surface area contributed by atoms with Crippen molar-refractivity contribution in [2.24, 2.45) is 0 Å². The molecule has 1 heterocycles. The van der Waals surface area contributed by atoms with E-state index >= 15 is 0 Å². The van der Waals surface area contributed by atoms with Crippen LogP contribution in [-0.2, 0) is 22.6 Å². The first-order valence-corrected chi connectivity index (χ1v) is 7.70. The molecule has 0 aliphatic heterocycles. The van der Waals surface area contributed by atoms with Gasteiger partial charge in [0.2, 0.25) is 11.8 Å². The van der Waals surface area contributed by atoms with Crippen molar-refractivity contribution in [3.63, 3.8) is 0 Å². The van der Waals surface area contributed by atoms with Crippen LogP contribution in [0.2, 0.25) is 0 Å². The molecule has 0 fully saturated rings. The van der Waals surface area contributed by atoms with Crippen molar-refractivity contribution in [2.75, 3.05) is 6.54 Å². The maximum Gasteiger partial charge on any atom is 0.229 e. The van der Waals surface area contributed by atoms with Gasteiger partial charge in [-0.15, -0.1) is 0 Å². The van der Waals surface area contributed by atoms with Crippen LogP contribution in [0, 0.1) is 0 Å². The summed E-state index contributed by atoms with van der Waals surface area (Å²) < 4.78 is 0. The highest BCUT2D eigenvalue weighted by Gasteiger charge is 2.08. The Bertz CT molecular complexity index is 615. The first-order valence-electron chi connectivity index (χ1n) is 7.70. The topological polar surface area (TPSA) is 71.1 Å². The van der Waals surface area contributed by atoms with Gasteiger partial charge in [0.25, 0.3) is 0 Å². The van der Waals surface area contributed by atoms with Gasteiger partial charge in [0, 0.05) is 25.5 Å². The Morgan fingerprint density at radius 1 is 0.913 bits per heavy atom. The summed E-state index contributed by atoms with van der Waals surface area (Å²) >= 11 is 0. The summed E-state index contributed by atoms with van der Waals surface area (Å²) in [7, 11) is 0. The second-order valence-electron chi connectivity index (χ2n) is 5.25. The first kappa shape index (κ1) is 16.7. The van der Waals surface area contributed by atoms with E-state index in [1.807, 2.05) is 24.3 Å². The molecule has 0 spiro atoms. The van der Waals surface area contributed by atoms with Crippen LogP contribution in [0.3, 0.4) is 0 Å². The SMILES string of the molecule is O=C(CC(=O)NCc1cccnc1)NCCCc1ccccc1. The fourth-order valence-electron chi connectivity index (χ4n) is 2.14. The van der Waals surface area contributed by atoms with Crippen molar-refractivity contribution in [3.8, 4) is 0 Å². The van der Waals surface area contributed by atoms with Crippen LogP contribution in [0.15, 0.2) is 54.9 Å². The second kappa shape index (κ2) is 9.35. The van der Waals surface area contributed by atoms with Crippen LogP contribution in [0.5, 0.6) is 0 Å². The zero-order valence-electron chi connectivity index (χ0n) is 13.0. The highest BCUT2D eigenvalue weighted by molar-refractivity contribution is 5.96. The zero-order valence-corrected chi connectivity index (χ0v) is 13.0. The molecule has 2 N–H and O–H groups in total. The van der Waals surface area contributed by atoms with Gasteiger partial charge in [-0.3, -0.25) is 14.6 Å². The molecular formula is C18H21N3O2. The molecule has 0 saturated carbocycles. The molecule has 0 bridgehead atoms. The number of hydrogen-bond donors (Lipinski definition) is 2. The lowest BCUT2D eigenvalue weighted by Crippen LogP contribution is -2.32. The van der Waals surface area contributed by atoms with E-state index in [2.05, 4.69) is 27.8 Å². The summed E-state index contributed by atoms with van der Waals surface area (Å²) in [5.41, 5.74) is 2.15. The van der Waals surface area contributed by atoms with E-state index in [4.69, 9.17) is 0 Å². The summed E-state index contributed by atoms with van der Waals surface area (Å²) in [4.78, 5) is 27.3. The number of rotatable bonds is 8. The number of carbonyl (C=O) groups excluding carboxylic acids is 2. The van der Waals surface area contributed by atoms with Crippen molar-refractivity contribution in [3.05, 3.63) is 66.0 Å². The Morgan fingerprint density at radius 2 is 1.65 bits per heavy atom. The van der Waals surface area contributed by atoms with E-state index in [0.29, 0.717) is 13.1 Å². The average molecular weight is 311 g/mol. The van der Waals surface area contributed by atoms with Crippen molar-refractivity contribution in [2.45, 2.75) is 25.8 Å². The van der Waals surface area contributed by atoms with E-state index < -0.39 is 0 Å². The Hall–Kier alpha value is -2.69. The molecule has 1 aromatic carbocycles. The fourth-order valence-corrected chi connectivity index (χ4v) is 2.14. The normalized spacial score (nSPS) is 10.1. The van der Waals surface area contributed by atoms with Crippen LogP contribution in [0.25, 0.3) is 0 Å². The van der Waals surface area contributed by atoms with Gasteiger partial charge >= 0.3 is 0 Å². The smallest absolute Gasteiger partial charge is 0.229 e. The van der Waals surface area contributed by atoms with E-state index in [-0.39, 0.29) is 18.2 Å². The number of pyridine rings is 1. The van der Waals surface area contributed by atoms with Gasteiger partial charge in [-0.2, -0.15) is 0 Å². The number of carbonyl (C=O) groups is 2. The average Bonchev–Trinajstić information content (AvgIpc) is 2.59. The Balaban J connectivity index is 1.58. The standard InChI is InChI=1S/C18H21N3O2/c22-17(20-11-5-8-15-6-2-1-3-7-15)12-18(23)21-14-16-9-4-10-19-13-16/h1-4,6-7,9-10,13H,5,8,11-12,14H2,(H,20,22)(H,21,23). The summed E-state index contributed by atoms with van der Waals surface area (Å²) in [6, 6.07) is 13.8. The van der Waals surface area contributed by atoms with E-state index in [1.165, 1.54) is 5.56 Å². The molecular weight excluding hydrogens is 290 g/mol. The summed E-state index contributed by atoms with van der Waals surface area (Å²) in [6.07, 6.45) is 4.98. The summed E-state index contributed by atoms with van der Waals surface area (Å²) in [6.45, 7) is 0.956. The summed E-state index contributed by atoms with van der Waals surface area (Å²) in [5, 5.41) is 5.48. The Morgan fingerprint density at radius 3 is 2.39 bits per heavy atom. The highest BCUT2D eigenvalue weighted by Crippen LogP contribution is 2.01. The van der Waals surface area contributed by atoms with Gasteiger partial charge in [-0.25, -0.2) is 0 Å². The molecule has 0 saturated heterocycles. The maximum absolute atomic E-state index is 11.7. The molecule has 0 unspecified atom stereocenters. The predicted molar refractivity (Wildman–Crippen MR) is 88.5 cm³/mol. The molecule has 2 amide bonds. The minimum atomic E-state index is -0.283. The number of amides is 2. The lowest BCUT2D eigenvalue weighted by molar-refractivity contribution is -0.129. The van der Waals surface area contributed by atoms with Gasteiger partial charge in [-0.1, -0.05) is 36.4 Å². The van der Waals surface area contributed by atoms with Gasteiger partial charge in [0.1, 0.15) is 6.42 Å². The zero-order chi connectivity index (χ0) is 16.3. The van der Waals surface area contributed by atoms with Crippen molar-refractivity contribution < 1.29 is 9.59 Å². The largest absolute Gasteiger partial charge is 0.356 e. The third kappa shape index (κ3) is 6.74. The van der Waals surface area contributed by atoms with Crippen LogP contribution in [-0.4, -0.2) is 23.3 Å². The van der Waals surface area contributed by atoms with Crippen LogP contribution >= 0.6 is 0 Å². The number of aromatic nitrogens is 1. The van der Waals surface area contributed by atoms with Crippen LogP contribution in [0.1, 0.15) is 24.0 Å². The molecule has 0 aliphatic rings. The first-order chi connectivity index (χ1) is 11.2. The van der Waals surface area contributed by atoms with Crippen molar-refractivity contribution in [1.82, 2.24) is 15.6 Å². The molecule has 120 valence electrons. The van der Waals surface area contributed by atoms with E-state index in [0.717, 1.165) is 18.4 Å². The van der Waals surface area contributed by atoms with E-state index in [9.17, 15) is 9.59 Å². The molecule has 5 nitrogen and oxygen atoms in total. The minimum absolute atomic E-state index is 0.147. The number of aryl methyl sites for hydroxylation is 1. The lowest BCUT2D eigenvalue weighted by Gasteiger charge is -2.07. The molecule has 23 heavy (non-hydrogen) atoms. The molecule has 2 aromatic rings. The summed E-state index contributed by atoms with van der Waals surface area (Å²) in [5.74, 6) is -0.531. The number of benzene rings is 1. The molecule has 0 atom stereocenters. The second-order valence-corrected chi connectivity index (χ2v) is 5.25.